The van der Waals surface area contributed by atoms with E-state index in [4.69, 9.17) is 0 Å². The lowest BCUT2D eigenvalue weighted by Crippen LogP contribution is -2.66. The van der Waals surface area contributed by atoms with Crippen molar-refractivity contribution in [2.75, 3.05) is 0 Å². The Bertz CT molecular complexity index is 233. The third-order valence-electron chi connectivity index (χ3n) is 2.81. The van der Waals surface area contributed by atoms with E-state index in [1.165, 1.54) is 0 Å². The Morgan fingerprint density at radius 3 is 2.54 bits per heavy atom. The van der Waals surface area contributed by atoms with Crippen LogP contribution in [-0.2, 0) is 4.79 Å². The van der Waals surface area contributed by atoms with E-state index in [9.17, 15) is 9.90 Å². The average Bonchev–Trinajstić information content (AvgIpc) is 1.98. The van der Waals surface area contributed by atoms with Crippen LogP contribution in [0.3, 0.4) is 0 Å². The molecule has 13 heavy (non-hydrogen) atoms. The van der Waals surface area contributed by atoms with Crippen LogP contribution >= 0.6 is 0 Å². The fourth-order valence-electron chi connectivity index (χ4n) is 1.67. The van der Waals surface area contributed by atoms with E-state index in [2.05, 4.69) is 11.9 Å². The summed E-state index contributed by atoms with van der Waals surface area (Å²) in [6.07, 6.45) is 1.23. The molecule has 0 aromatic heterocycles. The minimum atomic E-state index is -0.585. The molecule has 1 aliphatic rings. The summed E-state index contributed by atoms with van der Waals surface area (Å²) in [5.41, 5.74) is -0.157. The van der Waals surface area contributed by atoms with Crippen molar-refractivity contribution in [3.05, 3.63) is 12.7 Å². The highest BCUT2D eigenvalue weighted by Gasteiger charge is 2.48. The van der Waals surface area contributed by atoms with Crippen molar-refractivity contribution in [3.63, 3.8) is 0 Å². The Hall–Kier alpha value is -0.830. The molecule has 1 aliphatic heterocycles. The Kier molecular flexibility index (Phi) is 2.48. The van der Waals surface area contributed by atoms with E-state index in [0.29, 0.717) is 0 Å². The van der Waals surface area contributed by atoms with Gasteiger partial charge >= 0.3 is 0 Å². The normalized spacial score (nSPS) is 30.3. The molecule has 1 amide bonds. The lowest BCUT2D eigenvalue weighted by atomic mass is 9.70. The third kappa shape index (κ3) is 1.61. The van der Waals surface area contributed by atoms with Gasteiger partial charge in [0.25, 0.3) is 0 Å². The number of β-lactam (4-membered cyclic amide) rings is 1. The number of nitrogens with one attached hydrogen (secondary N) is 1. The van der Waals surface area contributed by atoms with Crippen molar-refractivity contribution >= 4 is 5.91 Å². The standard InChI is InChI=1S/C10H17NO2/c1-5-10(3,4)8-7(6(2)12)9(13)11-8/h5-8,12H,1H2,2-4H3,(H,11,13). The predicted octanol–water partition coefficient (Wildman–Crippen LogP) is 0.694. The zero-order chi connectivity index (χ0) is 10.2. The molecule has 0 bridgehead atoms. The van der Waals surface area contributed by atoms with Gasteiger partial charge in [0.1, 0.15) is 0 Å². The number of aliphatic hydroxyl groups excluding tert-OH is 1. The van der Waals surface area contributed by atoms with Crippen LogP contribution in [0.15, 0.2) is 12.7 Å². The van der Waals surface area contributed by atoms with E-state index in [1.807, 2.05) is 19.9 Å². The smallest absolute Gasteiger partial charge is 0.228 e. The number of carbonyl (C=O) groups excluding carboxylic acids is 1. The van der Waals surface area contributed by atoms with E-state index in [1.54, 1.807) is 6.92 Å². The van der Waals surface area contributed by atoms with Crippen molar-refractivity contribution in [2.24, 2.45) is 11.3 Å². The van der Waals surface area contributed by atoms with Gasteiger partial charge in [0.05, 0.1) is 18.1 Å². The van der Waals surface area contributed by atoms with Crippen LogP contribution in [-0.4, -0.2) is 23.2 Å². The minimum Gasteiger partial charge on any atom is -0.393 e. The molecule has 0 aromatic rings. The monoisotopic (exact) mass is 183 g/mol. The number of carbonyl (C=O) groups is 1. The third-order valence-corrected chi connectivity index (χ3v) is 2.81. The quantitative estimate of drug-likeness (QED) is 0.499. The summed E-state index contributed by atoms with van der Waals surface area (Å²) in [4.78, 5) is 11.1. The van der Waals surface area contributed by atoms with Crippen LogP contribution < -0.4 is 5.32 Å². The number of hydrogen-bond acceptors (Lipinski definition) is 2. The summed E-state index contributed by atoms with van der Waals surface area (Å²) in [5.74, 6) is -0.345. The summed E-state index contributed by atoms with van der Waals surface area (Å²) in [6.45, 7) is 9.37. The van der Waals surface area contributed by atoms with Gasteiger partial charge < -0.3 is 10.4 Å². The van der Waals surface area contributed by atoms with Crippen molar-refractivity contribution in [3.8, 4) is 0 Å². The molecule has 0 radical (unpaired) electrons. The van der Waals surface area contributed by atoms with Crippen LogP contribution in [0.1, 0.15) is 20.8 Å². The van der Waals surface area contributed by atoms with E-state index in [-0.39, 0.29) is 23.3 Å². The van der Waals surface area contributed by atoms with Gasteiger partial charge in [-0.1, -0.05) is 19.9 Å². The molecule has 3 nitrogen and oxygen atoms in total. The molecule has 1 saturated heterocycles. The van der Waals surface area contributed by atoms with Crippen LogP contribution in [0, 0.1) is 11.3 Å². The molecule has 3 heteroatoms. The fraction of sp³-hybridized carbons (Fsp3) is 0.700. The number of aliphatic hydroxyl groups is 1. The van der Waals surface area contributed by atoms with Crippen LogP contribution in [0.2, 0.25) is 0 Å². The molecule has 1 fully saturated rings. The maximum atomic E-state index is 11.1. The van der Waals surface area contributed by atoms with Crippen LogP contribution in [0.25, 0.3) is 0 Å². The van der Waals surface area contributed by atoms with Gasteiger partial charge in [-0.2, -0.15) is 0 Å². The Balaban J connectivity index is 2.75. The average molecular weight is 183 g/mol. The summed E-state index contributed by atoms with van der Waals surface area (Å²) < 4.78 is 0. The second-order valence-corrected chi connectivity index (χ2v) is 4.28. The molecule has 3 unspecified atom stereocenters. The van der Waals surface area contributed by atoms with Gasteiger partial charge in [0.15, 0.2) is 0 Å². The highest BCUT2D eigenvalue weighted by molar-refractivity contribution is 5.86. The molecule has 0 aliphatic carbocycles. The predicted molar refractivity (Wildman–Crippen MR) is 51.1 cm³/mol. The lowest BCUT2D eigenvalue weighted by Gasteiger charge is -2.46. The SMILES string of the molecule is C=CC(C)(C)C1NC(=O)C1C(C)O. The second-order valence-electron chi connectivity index (χ2n) is 4.28. The van der Waals surface area contributed by atoms with Crippen LogP contribution in [0.5, 0.6) is 0 Å². The molecule has 0 aromatic carbocycles. The minimum absolute atomic E-state index is 0.0116. The molecular weight excluding hydrogens is 166 g/mol. The summed E-state index contributed by atoms with van der Waals surface area (Å²) in [5, 5.41) is 12.2. The first-order valence-electron chi connectivity index (χ1n) is 4.52. The fourth-order valence-corrected chi connectivity index (χ4v) is 1.67. The zero-order valence-electron chi connectivity index (χ0n) is 8.37. The lowest BCUT2D eigenvalue weighted by molar-refractivity contribution is -0.144. The van der Waals surface area contributed by atoms with Gasteiger partial charge in [-0.15, -0.1) is 6.58 Å². The van der Waals surface area contributed by atoms with Gasteiger partial charge in [0, 0.05) is 5.41 Å². The highest BCUT2D eigenvalue weighted by atomic mass is 16.3. The Morgan fingerprint density at radius 2 is 2.23 bits per heavy atom. The molecule has 0 spiro atoms. The van der Waals surface area contributed by atoms with E-state index in [0.717, 1.165) is 0 Å². The molecule has 0 saturated carbocycles. The van der Waals surface area contributed by atoms with Crippen molar-refractivity contribution < 1.29 is 9.90 Å². The topological polar surface area (TPSA) is 49.3 Å². The van der Waals surface area contributed by atoms with Gasteiger partial charge in [-0.05, 0) is 6.92 Å². The van der Waals surface area contributed by atoms with Crippen molar-refractivity contribution in [2.45, 2.75) is 32.9 Å². The largest absolute Gasteiger partial charge is 0.393 e. The number of rotatable bonds is 3. The summed E-state index contributed by atoms with van der Waals surface area (Å²) in [6, 6.07) is 0.0116. The zero-order valence-corrected chi connectivity index (χ0v) is 8.37. The maximum absolute atomic E-state index is 11.1. The Morgan fingerprint density at radius 1 is 1.69 bits per heavy atom. The van der Waals surface area contributed by atoms with Gasteiger partial charge in [0.2, 0.25) is 5.91 Å². The maximum Gasteiger partial charge on any atom is 0.228 e. The van der Waals surface area contributed by atoms with Gasteiger partial charge in [-0.3, -0.25) is 4.79 Å². The van der Waals surface area contributed by atoms with E-state index < -0.39 is 6.10 Å². The van der Waals surface area contributed by atoms with Crippen LogP contribution in [0.4, 0.5) is 0 Å². The molecule has 74 valence electrons. The first kappa shape index (κ1) is 10.3. The molecular formula is C10H17NO2. The highest BCUT2D eigenvalue weighted by Crippen LogP contribution is 2.34. The molecule has 2 N–H and O–H groups in total. The molecule has 3 atom stereocenters. The molecule has 1 heterocycles. The molecule has 1 rings (SSSR count). The second kappa shape index (κ2) is 3.14. The van der Waals surface area contributed by atoms with Crippen molar-refractivity contribution in [1.82, 2.24) is 5.32 Å². The Labute approximate surface area is 78.8 Å². The first-order chi connectivity index (χ1) is 5.90. The summed E-state index contributed by atoms with van der Waals surface area (Å²) >= 11 is 0. The van der Waals surface area contributed by atoms with Gasteiger partial charge in [-0.25, -0.2) is 0 Å². The van der Waals surface area contributed by atoms with E-state index >= 15 is 0 Å². The summed E-state index contributed by atoms with van der Waals surface area (Å²) in [7, 11) is 0. The number of hydrogen-bond donors (Lipinski definition) is 2. The van der Waals surface area contributed by atoms with Crippen molar-refractivity contribution in [1.29, 1.82) is 0 Å². The first-order valence-corrected chi connectivity index (χ1v) is 4.52. The number of amides is 1.